The molecule has 1 saturated heterocycles. The van der Waals surface area contributed by atoms with Gasteiger partial charge in [-0.25, -0.2) is 4.79 Å². The number of morpholine rings is 1. The largest absolute Gasteiger partial charge is 0.467 e. The van der Waals surface area contributed by atoms with Crippen LogP contribution in [0.5, 0.6) is 0 Å². The first-order valence-corrected chi connectivity index (χ1v) is 7.21. The van der Waals surface area contributed by atoms with Crippen molar-refractivity contribution in [2.45, 2.75) is 31.8 Å². The number of rotatable bonds is 3. The molecule has 1 aliphatic heterocycles. The molecule has 1 unspecified atom stereocenters. The van der Waals surface area contributed by atoms with Gasteiger partial charge in [0.15, 0.2) is 6.10 Å². The summed E-state index contributed by atoms with van der Waals surface area (Å²) in [7, 11) is 1.31. The van der Waals surface area contributed by atoms with Crippen LogP contribution in [-0.4, -0.2) is 54.7 Å². The molecule has 1 amide bonds. The van der Waals surface area contributed by atoms with Crippen LogP contribution in [0, 0.1) is 5.41 Å². The van der Waals surface area contributed by atoms with E-state index in [1.165, 1.54) is 7.11 Å². The van der Waals surface area contributed by atoms with Gasteiger partial charge in [0, 0.05) is 6.54 Å². The van der Waals surface area contributed by atoms with Gasteiger partial charge in [-0.2, -0.15) is 0 Å². The number of esters is 1. The van der Waals surface area contributed by atoms with Gasteiger partial charge >= 0.3 is 5.97 Å². The van der Waals surface area contributed by atoms with Crippen molar-refractivity contribution in [2.75, 3.05) is 26.8 Å². The second kappa shape index (κ2) is 6.05. The van der Waals surface area contributed by atoms with Crippen molar-refractivity contribution >= 4 is 29.1 Å². The lowest BCUT2D eigenvalue weighted by Crippen LogP contribution is -2.55. The van der Waals surface area contributed by atoms with Crippen LogP contribution in [0.25, 0.3) is 0 Å². The topological polar surface area (TPSA) is 81.9 Å². The van der Waals surface area contributed by atoms with Crippen molar-refractivity contribution in [3.05, 3.63) is 0 Å². The van der Waals surface area contributed by atoms with E-state index in [1.54, 1.807) is 4.90 Å². The van der Waals surface area contributed by atoms with E-state index < -0.39 is 17.5 Å². The Balaban J connectivity index is 2.11. The van der Waals surface area contributed by atoms with Crippen molar-refractivity contribution in [3.63, 3.8) is 0 Å². The highest BCUT2D eigenvalue weighted by Crippen LogP contribution is 2.40. The molecule has 1 atom stereocenters. The Kier molecular flexibility index (Phi) is 4.59. The van der Waals surface area contributed by atoms with E-state index in [4.69, 9.17) is 22.7 Å². The number of thiocarbonyl (C=S) groups is 1. The lowest BCUT2D eigenvalue weighted by molar-refractivity contribution is -0.164. The summed E-state index contributed by atoms with van der Waals surface area (Å²) in [5.74, 6) is -0.530. The summed E-state index contributed by atoms with van der Waals surface area (Å²) in [6.45, 7) is 0.978. The maximum Gasteiger partial charge on any atom is 0.336 e. The van der Waals surface area contributed by atoms with E-state index in [-0.39, 0.29) is 17.4 Å². The predicted molar refractivity (Wildman–Crippen MR) is 76.0 cm³/mol. The molecular formula is C13H20N2O4S. The van der Waals surface area contributed by atoms with Gasteiger partial charge < -0.3 is 20.1 Å². The number of nitrogens with two attached hydrogens (primary N) is 1. The summed E-state index contributed by atoms with van der Waals surface area (Å²) < 4.78 is 10.00. The average molecular weight is 300 g/mol. The molecule has 6 nitrogen and oxygen atoms in total. The van der Waals surface area contributed by atoms with Crippen LogP contribution >= 0.6 is 12.2 Å². The molecule has 2 fully saturated rings. The fourth-order valence-corrected chi connectivity index (χ4v) is 3.25. The van der Waals surface area contributed by atoms with E-state index in [0.717, 1.165) is 12.8 Å². The van der Waals surface area contributed by atoms with Crippen LogP contribution in [-0.2, 0) is 19.1 Å². The van der Waals surface area contributed by atoms with E-state index in [9.17, 15) is 9.59 Å². The molecule has 0 radical (unpaired) electrons. The average Bonchev–Trinajstić information content (AvgIpc) is 2.96. The third kappa shape index (κ3) is 2.64. The third-order valence-corrected chi connectivity index (χ3v) is 4.55. The molecule has 2 N–H and O–H groups in total. The van der Waals surface area contributed by atoms with E-state index in [1.807, 2.05) is 0 Å². The van der Waals surface area contributed by atoms with Crippen molar-refractivity contribution < 1.29 is 19.1 Å². The molecule has 0 bridgehead atoms. The highest BCUT2D eigenvalue weighted by molar-refractivity contribution is 7.80. The smallest absolute Gasteiger partial charge is 0.336 e. The minimum absolute atomic E-state index is 0.0697. The van der Waals surface area contributed by atoms with Gasteiger partial charge in [-0.1, -0.05) is 25.1 Å². The Hall–Kier alpha value is -1.21. The van der Waals surface area contributed by atoms with E-state index >= 15 is 0 Å². The Morgan fingerprint density at radius 1 is 1.40 bits per heavy atom. The fraction of sp³-hybridized carbons (Fsp3) is 0.769. The monoisotopic (exact) mass is 300 g/mol. The zero-order valence-electron chi connectivity index (χ0n) is 11.6. The number of ether oxygens (including phenoxy) is 2. The Labute approximate surface area is 123 Å². The third-order valence-electron chi connectivity index (χ3n) is 4.16. The molecule has 0 aromatic rings. The molecule has 0 aromatic carbocycles. The maximum absolute atomic E-state index is 12.8. The van der Waals surface area contributed by atoms with Crippen LogP contribution in [0.4, 0.5) is 0 Å². The Bertz CT molecular complexity index is 421. The van der Waals surface area contributed by atoms with Gasteiger partial charge in [0.1, 0.15) is 0 Å². The lowest BCUT2D eigenvalue weighted by Gasteiger charge is -2.37. The maximum atomic E-state index is 12.8. The summed E-state index contributed by atoms with van der Waals surface area (Å²) >= 11 is 5.12. The minimum Gasteiger partial charge on any atom is -0.467 e. The molecule has 7 heteroatoms. The number of hydrogen-bond acceptors (Lipinski definition) is 5. The fourth-order valence-electron chi connectivity index (χ4n) is 2.95. The molecule has 2 aliphatic rings. The zero-order chi connectivity index (χ0) is 14.8. The van der Waals surface area contributed by atoms with Gasteiger partial charge in [-0.15, -0.1) is 0 Å². The summed E-state index contributed by atoms with van der Waals surface area (Å²) in [5.41, 5.74) is 5.09. The normalized spacial score (nSPS) is 25.2. The van der Waals surface area contributed by atoms with Crippen molar-refractivity contribution in [2.24, 2.45) is 11.1 Å². The van der Waals surface area contributed by atoms with Crippen LogP contribution < -0.4 is 5.73 Å². The van der Waals surface area contributed by atoms with Crippen LogP contribution in [0.2, 0.25) is 0 Å². The molecule has 1 saturated carbocycles. The second-order valence-corrected chi connectivity index (χ2v) is 5.73. The molecule has 1 heterocycles. The van der Waals surface area contributed by atoms with Gasteiger partial charge in [0.05, 0.1) is 30.7 Å². The van der Waals surface area contributed by atoms with Gasteiger partial charge in [0.2, 0.25) is 5.91 Å². The number of nitrogens with zero attached hydrogens (tertiary/aromatic N) is 1. The number of amides is 1. The summed E-state index contributed by atoms with van der Waals surface area (Å²) in [5, 5.41) is 0. The lowest BCUT2D eigenvalue weighted by atomic mass is 9.84. The van der Waals surface area contributed by atoms with Crippen molar-refractivity contribution in [1.29, 1.82) is 0 Å². The minimum atomic E-state index is -0.729. The van der Waals surface area contributed by atoms with E-state index in [2.05, 4.69) is 4.74 Å². The van der Waals surface area contributed by atoms with Gasteiger partial charge in [-0.05, 0) is 12.8 Å². The van der Waals surface area contributed by atoms with Crippen LogP contribution in [0.1, 0.15) is 25.7 Å². The number of methoxy groups -OCH3 is 1. The van der Waals surface area contributed by atoms with Gasteiger partial charge in [0.25, 0.3) is 0 Å². The van der Waals surface area contributed by atoms with Crippen molar-refractivity contribution in [3.8, 4) is 0 Å². The SMILES string of the molecule is COC(=O)C1CN(C(=O)C2(C(N)=S)CCCC2)CCO1. The zero-order valence-corrected chi connectivity index (χ0v) is 12.4. The molecule has 2 rings (SSSR count). The standard InChI is InChI=1S/C13H20N2O4S/c1-18-10(16)9-8-15(6-7-19-9)12(17)13(11(14)20)4-2-3-5-13/h9H,2-8H2,1H3,(H2,14,20). The summed E-state index contributed by atoms with van der Waals surface area (Å²) in [6.07, 6.45) is 2.58. The Morgan fingerprint density at radius 3 is 2.60 bits per heavy atom. The molecule has 20 heavy (non-hydrogen) atoms. The summed E-state index contributed by atoms with van der Waals surface area (Å²) in [4.78, 5) is 26.2. The first kappa shape index (κ1) is 15.2. The molecule has 0 spiro atoms. The molecule has 1 aliphatic carbocycles. The number of carbonyl (C=O) groups excluding carboxylic acids is 2. The van der Waals surface area contributed by atoms with Crippen molar-refractivity contribution in [1.82, 2.24) is 4.90 Å². The van der Waals surface area contributed by atoms with Crippen LogP contribution in [0.15, 0.2) is 0 Å². The Morgan fingerprint density at radius 2 is 2.05 bits per heavy atom. The van der Waals surface area contributed by atoms with Crippen LogP contribution in [0.3, 0.4) is 0 Å². The van der Waals surface area contributed by atoms with Gasteiger partial charge in [-0.3, -0.25) is 4.79 Å². The predicted octanol–water partition coefficient (Wildman–Crippen LogP) is 0.233. The second-order valence-electron chi connectivity index (χ2n) is 5.29. The molecular weight excluding hydrogens is 280 g/mol. The summed E-state index contributed by atoms with van der Waals surface area (Å²) in [6, 6.07) is 0. The highest BCUT2D eigenvalue weighted by Gasteiger charge is 2.47. The van der Waals surface area contributed by atoms with E-state index in [0.29, 0.717) is 26.0 Å². The highest BCUT2D eigenvalue weighted by atomic mass is 32.1. The molecule has 0 aromatic heterocycles. The first-order valence-electron chi connectivity index (χ1n) is 6.80. The quantitative estimate of drug-likeness (QED) is 0.594. The number of carbonyl (C=O) groups is 2. The first-order chi connectivity index (χ1) is 9.51. The number of hydrogen-bond donors (Lipinski definition) is 1. The molecule has 112 valence electrons.